The molecule has 0 aliphatic rings. The molecule has 128 valence electrons. The molecule has 1 atom stereocenters. The molecule has 0 spiro atoms. The van der Waals surface area contributed by atoms with Crippen molar-refractivity contribution >= 4 is 34.8 Å². The zero-order valence-electron chi connectivity index (χ0n) is 13.8. The first kappa shape index (κ1) is 18.4. The lowest BCUT2D eigenvalue weighted by Crippen LogP contribution is -2.36. The SMILES string of the molecule is CC(Oc1ccc(Cl)cc1Cl)C(=O)NCc1ccccc1N(C)C. The third-order valence-electron chi connectivity index (χ3n) is 3.49. The molecule has 1 amide bonds. The summed E-state index contributed by atoms with van der Waals surface area (Å²) in [6.45, 7) is 2.10. The lowest BCUT2D eigenvalue weighted by Gasteiger charge is -2.19. The van der Waals surface area contributed by atoms with Crippen LogP contribution in [0.5, 0.6) is 5.75 Å². The Kier molecular flexibility index (Phi) is 6.35. The van der Waals surface area contributed by atoms with Crippen LogP contribution in [0.2, 0.25) is 10.0 Å². The molecule has 1 N–H and O–H groups in total. The van der Waals surface area contributed by atoms with Crippen molar-refractivity contribution in [2.75, 3.05) is 19.0 Å². The van der Waals surface area contributed by atoms with Gasteiger partial charge in [0.2, 0.25) is 0 Å². The predicted molar refractivity (Wildman–Crippen MR) is 99.2 cm³/mol. The molecule has 0 aliphatic carbocycles. The number of hydrogen-bond acceptors (Lipinski definition) is 3. The van der Waals surface area contributed by atoms with E-state index in [1.807, 2.05) is 43.3 Å². The molecule has 24 heavy (non-hydrogen) atoms. The molecule has 2 aromatic carbocycles. The number of anilines is 1. The van der Waals surface area contributed by atoms with Crippen molar-refractivity contribution in [3.05, 3.63) is 58.1 Å². The van der Waals surface area contributed by atoms with Gasteiger partial charge in [-0.15, -0.1) is 0 Å². The molecule has 0 bridgehead atoms. The summed E-state index contributed by atoms with van der Waals surface area (Å²) in [5, 5.41) is 3.78. The average Bonchev–Trinajstić information content (AvgIpc) is 2.55. The molecule has 0 heterocycles. The normalized spacial score (nSPS) is 11.7. The molecule has 1 unspecified atom stereocenters. The minimum atomic E-state index is -0.671. The van der Waals surface area contributed by atoms with E-state index in [-0.39, 0.29) is 5.91 Å². The van der Waals surface area contributed by atoms with Crippen molar-refractivity contribution in [1.82, 2.24) is 5.32 Å². The number of para-hydroxylation sites is 1. The Balaban J connectivity index is 1.97. The maximum absolute atomic E-state index is 12.3. The Bertz CT molecular complexity index is 720. The van der Waals surface area contributed by atoms with E-state index in [0.29, 0.717) is 22.3 Å². The Morgan fingerprint density at radius 1 is 1.21 bits per heavy atom. The van der Waals surface area contributed by atoms with E-state index in [1.54, 1.807) is 25.1 Å². The van der Waals surface area contributed by atoms with E-state index in [9.17, 15) is 4.79 Å². The Morgan fingerprint density at radius 2 is 1.92 bits per heavy atom. The van der Waals surface area contributed by atoms with Crippen LogP contribution in [-0.4, -0.2) is 26.1 Å². The molecule has 6 heteroatoms. The summed E-state index contributed by atoms with van der Waals surface area (Å²) in [6, 6.07) is 12.8. The molecular formula is C18H20Cl2N2O2. The zero-order chi connectivity index (χ0) is 17.7. The van der Waals surface area contributed by atoms with Crippen LogP contribution in [0.3, 0.4) is 0 Å². The van der Waals surface area contributed by atoms with E-state index in [4.69, 9.17) is 27.9 Å². The van der Waals surface area contributed by atoms with Gasteiger partial charge in [-0.1, -0.05) is 41.4 Å². The van der Waals surface area contributed by atoms with Crippen molar-refractivity contribution < 1.29 is 9.53 Å². The molecule has 0 saturated heterocycles. The second-order valence-electron chi connectivity index (χ2n) is 5.58. The molecular weight excluding hydrogens is 347 g/mol. The van der Waals surface area contributed by atoms with E-state index in [2.05, 4.69) is 5.32 Å². The standard InChI is InChI=1S/C18H20Cl2N2O2/c1-12(24-17-9-8-14(19)10-15(17)20)18(23)21-11-13-6-4-5-7-16(13)22(2)3/h4-10,12H,11H2,1-3H3,(H,21,23). The van der Waals surface area contributed by atoms with Gasteiger partial charge in [-0.3, -0.25) is 4.79 Å². The molecule has 0 aliphatic heterocycles. The maximum Gasteiger partial charge on any atom is 0.261 e. The smallest absolute Gasteiger partial charge is 0.261 e. The van der Waals surface area contributed by atoms with Crippen molar-refractivity contribution in [1.29, 1.82) is 0 Å². The van der Waals surface area contributed by atoms with Crippen LogP contribution in [0, 0.1) is 0 Å². The highest BCUT2D eigenvalue weighted by Gasteiger charge is 2.16. The number of amides is 1. The maximum atomic E-state index is 12.3. The van der Waals surface area contributed by atoms with Crippen LogP contribution in [0.15, 0.2) is 42.5 Å². The van der Waals surface area contributed by atoms with Crippen LogP contribution in [0.4, 0.5) is 5.69 Å². The lowest BCUT2D eigenvalue weighted by atomic mass is 10.1. The Morgan fingerprint density at radius 3 is 2.58 bits per heavy atom. The fraction of sp³-hybridized carbons (Fsp3) is 0.278. The molecule has 0 saturated carbocycles. The summed E-state index contributed by atoms with van der Waals surface area (Å²) in [4.78, 5) is 14.3. The lowest BCUT2D eigenvalue weighted by molar-refractivity contribution is -0.127. The summed E-state index contributed by atoms with van der Waals surface area (Å²) in [5.41, 5.74) is 2.10. The number of benzene rings is 2. The summed E-state index contributed by atoms with van der Waals surface area (Å²) >= 11 is 11.9. The number of halogens is 2. The summed E-state index contributed by atoms with van der Waals surface area (Å²) in [7, 11) is 3.93. The number of hydrogen-bond donors (Lipinski definition) is 1. The largest absolute Gasteiger partial charge is 0.479 e. The third kappa shape index (κ3) is 4.79. The fourth-order valence-electron chi connectivity index (χ4n) is 2.24. The second kappa shape index (κ2) is 8.27. The van der Waals surface area contributed by atoms with Crippen molar-refractivity contribution in [3.8, 4) is 5.75 Å². The monoisotopic (exact) mass is 366 g/mol. The Labute approximate surface area is 152 Å². The van der Waals surface area contributed by atoms with Crippen LogP contribution in [0.1, 0.15) is 12.5 Å². The summed E-state index contributed by atoms with van der Waals surface area (Å²) in [6.07, 6.45) is -0.671. The average molecular weight is 367 g/mol. The number of ether oxygens (including phenoxy) is 1. The first-order valence-corrected chi connectivity index (χ1v) is 8.28. The van der Waals surface area contributed by atoms with Crippen LogP contribution >= 0.6 is 23.2 Å². The van der Waals surface area contributed by atoms with E-state index >= 15 is 0 Å². The minimum absolute atomic E-state index is 0.213. The summed E-state index contributed by atoms with van der Waals surface area (Å²) in [5.74, 6) is 0.215. The second-order valence-corrected chi connectivity index (χ2v) is 6.42. The highest BCUT2D eigenvalue weighted by molar-refractivity contribution is 6.35. The topological polar surface area (TPSA) is 41.6 Å². The van der Waals surface area contributed by atoms with Crippen LogP contribution < -0.4 is 15.0 Å². The quantitative estimate of drug-likeness (QED) is 0.834. The summed E-state index contributed by atoms with van der Waals surface area (Å²) < 4.78 is 5.61. The van der Waals surface area contributed by atoms with Crippen LogP contribution in [-0.2, 0) is 11.3 Å². The number of nitrogens with one attached hydrogen (secondary N) is 1. The molecule has 0 fully saturated rings. The molecule has 2 aromatic rings. The predicted octanol–water partition coefficient (Wildman–Crippen LogP) is 4.14. The third-order valence-corrected chi connectivity index (χ3v) is 4.02. The van der Waals surface area contributed by atoms with Crippen molar-refractivity contribution in [3.63, 3.8) is 0 Å². The van der Waals surface area contributed by atoms with E-state index in [0.717, 1.165) is 11.3 Å². The minimum Gasteiger partial charge on any atom is -0.479 e. The van der Waals surface area contributed by atoms with Crippen LogP contribution in [0.25, 0.3) is 0 Å². The van der Waals surface area contributed by atoms with Gasteiger partial charge >= 0.3 is 0 Å². The zero-order valence-corrected chi connectivity index (χ0v) is 15.4. The van der Waals surface area contributed by atoms with Gasteiger partial charge in [0.15, 0.2) is 6.10 Å². The van der Waals surface area contributed by atoms with Gasteiger partial charge in [-0.05, 0) is 36.8 Å². The number of rotatable bonds is 6. The van der Waals surface area contributed by atoms with Gasteiger partial charge in [-0.2, -0.15) is 0 Å². The van der Waals surface area contributed by atoms with Gasteiger partial charge in [0.1, 0.15) is 5.75 Å². The van der Waals surface area contributed by atoms with Gasteiger partial charge in [0.05, 0.1) is 5.02 Å². The number of nitrogens with zero attached hydrogens (tertiary/aromatic N) is 1. The molecule has 0 radical (unpaired) electrons. The Hall–Kier alpha value is -1.91. The number of carbonyl (C=O) groups is 1. The van der Waals surface area contributed by atoms with Gasteiger partial charge in [0.25, 0.3) is 5.91 Å². The molecule has 2 rings (SSSR count). The highest BCUT2D eigenvalue weighted by atomic mass is 35.5. The first-order chi connectivity index (χ1) is 11.4. The fourth-order valence-corrected chi connectivity index (χ4v) is 2.69. The molecule has 0 aromatic heterocycles. The highest BCUT2D eigenvalue weighted by Crippen LogP contribution is 2.28. The van der Waals surface area contributed by atoms with Gasteiger partial charge in [0, 0.05) is 31.4 Å². The number of carbonyl (C=O) groups excluding carboxylic acids is 1. The van der Waals surface area contributed by atoms with Gasteiger partial charge < -0.3 is 15.0 Å². The van der Waals surface area contributed by atoms with Gasteiger partial charge in [-0.25, -0.2) is 0 Å². The van der Waals surface area contributed by atoms with Crippen molar-refractivity contribution in [2.45, 2.75) is 19.6 Å². The van der Waals surface area contributed by atoms with E-state index < -0.39 is 6.10 Å². The van der Waals surface area contributed by atoms with Crippen molar-refractivity contribution in [2.24, 2.45) is 0 Å². The van der Waals surface area contributed by atoms with E-state index in [1.165, 1.54) is 0 Å². The first-order valence-electron chi connectivity index (χ1n) is 7.53. The molecule has 4 nitrogen and oxygen atoms in total.